The third-order valence-electron chi connectivity index (χ3n) is 3.21. The Labute approximate surface area is 105 Å². The monoisotopic (exact) mass is 251 g/mol. The van der Waals surface area contributed by atoms with Crippen molar-refractivity contribution >= 4 is 11.7 Å². The number of nitrogens with one attached hydrogen (secondary N) is 1. The maximum Gasteiger partial charge on any atom is 0.274 e. The molecule has 0 bridgehead atoms. The van der Waals surface area contributed by atoms with Crippen molar-refractivity contribution in [2.45, 2.75) is 19.4 Å². The molecule has 0 spiro atoms. The third-order valence-corrected chi connectivity index (χ3v) is 3.21. The standard InChI is InChI=1S/C11H17N5O2/c1-7-2-3-16(6-9(7)17)11(18)8-4-13-5-10(14-8)15-12/h4-5,7,9,17H,2-3,6,12H2,1H3,(H,14,15). The zero-order valence-corrected chi connectivity index (χ0v) is 10.2. The largest absolute Gasteiger partial charge is 0.391 e. The van der Waals surface area contributed by atoms with Crippen molar-refractivity contribution in [3.8, 4) is 0 Å². The number of hydrazine groups is 1. The highest BCUT2D eigenvalue weighted by Crippen LogP contribution is 2.18. The quantitative estimate of drug-likeness (QED) is 0.488. The van der Waals surface area contributed by atoms with Gasteiger partial charge in [0.15, 0.2) is 5.82 Å². The first-order valence-corrected chi connectivity index (χ1v) is 5.88. The molecule has 1 aromatic heterocycles. The summed E-state index contributed by atoms with van der Waals surface area (Å²) in [4.78, 5) is 21.7. The summed E-state index contributed by atoms with van der Waals surface area (Å²) in [5.41, 5.74) is 2.58. The number of rotatable bonds is 2. The van der Waals surface area contributed by atoms with Crippen molar-refractivity contribution < 1.29 is 9.90 Å². The number of carbonyl (C=O) groups is 1. The summed E-state index contributed by atoms with van der Waals surface area (Å²) in [5.74, 6) is 5.55. The second kappa shape index (κ2) is 5.28. The van der Waals surface area contributed by atoms with Crippen LogP contribution in [0, 0.1) is 5.92 Å². The molecule has 1 saturated heterocycles. The van der Waals surface area contributed by atoms with Crippen LogP contribution in [0.3, 0.4) is 0 Å². The molecule has 2 rings (SSSR count). The number of piperidine rings is 1. The van der Waals surface area contributed by atoms with Crippen LogP contribution >= 0.6 is 0 Å². The minimum atomic E-state index is -0.480. The van der Waals surface area contributed by atoms with E-state index in [1.165, 1.54) is 12.4 Å². The van der Waals surface area contributed by atoms with Crippen molar-refractivity contribution in [1.82, 2.24) is 14.9 Å². The van der Waals surface area contributed by atoms with Crippen LogP contribution in [-0.4, -0.2) is 45.1 Å². The van der Waals surface area contributed by atoms with E-state index in [0.29, 0.717) is 18.9 Å². The Morgan fingerprint density at radius 1 is 1.61 bits per heavy atom. The number of hydrogen-bond acceptors (Lipinski definition) is 6. The number of aromatic nitrogens is 2. The molecular formula is C11H17N5O2. The van der Waals surface area contributed by atoms with E-state index in [9.17, 15) is 9.90 Å². The molecule has 1 fully saturated rings. The number of nitrogens with two attached hydrogens (primary N) is 1. The van der Waals surface area contributed by atoms with E-state index in [1.807, 2.05) is 6.92 Å². The average Bonchev–Trinajstić information content (AvgIpc) is 2.41. The van der Waals surface area contributed by atoms with Gasteiger partial charge >= 0.3 is 0 Å². The van der Waals surface area contributed by atoms with Crippen molar-refractivity contribution in [2.24, 2.45) is 11.8 Å². The molecule has 18 heavy (non-hydrogen) atoms. The molecule has 2 heterocycles. The van der Waals surface area contributed by atoms with Gasteiger partial charge in [-0.15, -0.1) is 0 Å². The highest BCUT2D eigenvalue weighted by atomic mass is 16.3. The summed E-state index contributed by atoms with van der Waals surface area (Å²) < 4.78 is 0. The molecule has 1 amide bonds. The van der Waals surface area contributed by atoms with Gasteiger partial charge in [0.05, 0.1) is 18.5 Å². The zero-order chi connectivity index (χ0) is 13.1. The molecule has 0 saturated carbocycles. The Morgan fingerprint density at radius 2 is 2.39 bits per heavy atom. The van der Waals surface area contributed by atoms with Gasteiger partial charge < -0.3 is 15.4 Å². The number of carbonyl (C=O) groups excluding carboxylic acids is 1. The molecule has 1 aliphatic heterocycles. The molecule has 98 valence electrons. The SMILES string of the molecule is CC1CCN(C(=O)c2cncc(NN)n2)CC1O. The number of aliphatic hydroxyl groups excluding tert-OH is 1. The Balaban J connectivity index is 2.11. The van der Waals surface area contributed by atoms with Crippen LogP contribution in [0.25, 0.3) is 0 Å². The van der Waals surface area contributed by atoms with Crippen LogP contribution in [0.5, 0.6) is 0 Å². The summed E-state index contributed by atoms with van der Waals surface area (Å²) in [6.45, 7) is 2.94. The number of amides is 1. The fourth-order valence-electron chi connectivity index (χ4n) is 1.93. The van der Waals surface area contributed by atoms with Gasteiger partial charge in [-0.05, 0) is 12.3 Å². The van der Waals surface area contributed by atoms with E-state index < -0.39 is 6.10 Å². The average molecular weight is 251 g/mol. The molecule has 0 aliphatic carbocycles. The molecule has 2 unspecified atom stereocenters. The minimum absolute atomic E-state index is 0.220. The highest BCUT2D eigenvalue weighted by molar-refractivity contribution is 5.92. The normalized spacial score (nSPS) is 23.8. The Bertz CT molecular complexity index is 439. The Kier molecular flexibility index (Phi) is 3.73. The van der Waals surface area contributed by atoms with Gasteiger partial charge in [0.1, 0.15) is 5.69 Å². The van der Waals surface area contributed by atoms with Gasteiger partial charge in [-0.3, -0.25) is 9.78 Å². The molecule has 7 heteroatoms. The second-order valence-corrected chi connectivity index (χ2v) is 4.52. The van der Waals surface area contributed by atoms with Crippen LogP contribution in [0.15, 0.2) is 12.4 Å². The van der Waals surface area contributed by atoms with Crippen molar-refractivity contribution in [3.05, 3.63) is 18.1 Å². The minimum Gasteiger partial charge on any atom is -0.391 e. The summed E-state index contributed by atoms with van der Waals surface area (Å²) in [6.07, 6.45) is 3.14. The fourth-order valence-corrected chi connectivity index (χ4v) is 1.93. The predicted octanol–water partition coefficient (Wildman–Crippen LogP) is -0.395. The molecule has 7 nitrogen and oxygen atoms in total. The van der Waals surface area contributed by atoms with Crippen molar-refractivity contribution in [1.29, 1.82) is 0 Å². The fraction of sp³-hybridized carbons (Fsp3) is 0.545. The lowest BCUT2D eigenvalue weighted by Gasteiger charge is -2.34. The zero-order valence-electron chi connectivity index (χ0n) is 10.2. The first-order chi connectivity index (χ1) is 8.61. The Morgan fingerprint density at radius 3 is 3.06 bits per heavy atom. The summed E-state index contributed by atoms with van der Waals surface area (Å²) in [6, 6.07) is 0. The molecule has 0 aromatic carbocycles. The van der Waals surface area contributed by atoms with Gasteiger partial charge in [-0.1, -0.05) is 6.92 Å². The van der Waals surface area contributed by atoms with Gasteiger partial charge in [0, 0.05) is 13.1 Å². The number of likely N-dealkylation sites (tertiary alicyclic amines) is 1. The van der Waals surface area contributed by atoms with Gasteiger partial charge in [-0.2, -0.15) is 0 Å². The van der Waals surface area contributed by atoms with E-state index in [-0.39, 0.29) is 17.5 Å². The topological polar surface area (TPSA) is 104 Å². The number of β-amino-alcohol motifs (C(OH)–C–C–N with tert-alkyl or cyclic N) is 1. The first kappa shape index (κ1) is 12.7. The van der Waals surface area contributed by atoms with Crippen LogP contribution in [-0.2, 0) is 0 Å². The molecule has 2 atom stereocenters. The lowest BCUT2D eigenvalue weighted by Crippen LogP contribution is -2.46. The second-order valence-electron chi connectivity index (χ2n) is 4.52. The van der Waals surface area contributed by atoms with Crippen LogP contribution < -0.4 is 11.3 Å². The van der Waals surface area contributed by atoms with Crippen molar-refractivity contribution in [2.75, 3.05) is 18.5 Å². The van der Waals surface area contributed by atoms with Gasteiger partial charge in [-0.25, -0.2) is 10.8 Å². The smallest absolute Gasteiger partial charge is 0.274 e. The van der Waals surface area contributed by atoms with Gasteiger partial charge in [0.2, 0.25) is 0 Å². The maximum absolute atomic E-state index is 12.2. The number of hydrogen-bond donors (Lipinski definition) is 3. The summed E-state index contributed by atoms with van der Waals surface area (Å²) >= 11 is 0. The Hall–Kier alpha value is -1.73. The molecule has 1 aliphatic rings. The molecule has 0 radical (unpaired) electrons. The van der Waals surface area contributed by atoms with Crippen LogP contribution in [0.1, 0.15) is 23.8 Å². The first-order valence-electron chi connectivity index (χ1n) is 5.88. The van der Waals surface area contributed by atoms with E-state index in [1.54, 1.807) is 4.90 Å². The number of nitrogens with zero attached hydrogens (tertiary/aromatic N) is 3. The number of aliphatic hydroxyl groups is 1. The number of anilines is 1. The summed E-state index contributed by atoms with van der Waals surface area (Å²) in [5, 5.41) is 9.78. The lowest BCUT2D eigenvalue weighted by atomic mass is 9.96. The predicted molar refractivity (Wildman–Crippen MR) is 65.5 cm³/mol. The van der Waals surface area contributed by atoms with Crippen LogP contribution in [0.4, 0.5) is 5.82 Å². The third kappa shape index (κ3) is 2.57. The van der Waals surface area contributed by atoms with E-state index in [4.69, 9.17) is 5.84 Å². The molecular weight excluding hydrogens is 234 g/mol. The van der Waals surface area contributed by atoms with E-state index in [2.05, 4.69) is 15.4 Å². The van der Waals surface area contributed by atoms with Crippen LogP contribution in [0.2, 0.25) is 0 Å². The van der Waals surface area contributed by atoms with Crippen molar-refractivity contribution in [3.63, 3.8) is 0 Å². The van der Waals surface area contributed by atoms with E-state index >= 15 is 0 Å². The van der Waals surface area contributed by atoms with Gasteiger partial charge in [0.25, 0.3) is 5.91 Å². The molecule has 4 N–H and O–H groups in total. The molecule has 1 aromatic rings. The number of nitrogen functional groups attached to an aromatic ring is 1. The summed E-state index contributed by atoms with van der Waals surface area (Å²) in [7, 11) is 0. The highest BCUT2D eigenvalue weighted by Gasteiger charge is 2.28. The van der Waals surface area contributed by atoms with E-state index in [0.717, 1.165) is 6.42 Å². The maximum atomic E-state index is 12.2. The lowest BCUT2D eigenvalue weighted by molar-refractivity contribution is 0.0245.